The lowest BCUT2D eigenvalue weighted by Gasteiger charge is -2.12. The molecule has 1 aromatic carbocycles. The molecule has 0 N–H and O–H groups in total. The zero-order valence-corrected chi connectivity index (χ0v) is 9.90. The molecule has 1 heterocycles. The van der Waals surface area contributed by atoms with Crippen molar-refractivity contribution in [2.24, 2.45) is 15.9 Å². The highest BCUT2D eigenvalue weighted by Gasteiger charge is 2.26. The Morgan fingerprint density at radius 2 is 1.95 bits per heavy atom. The Kier molecular flexibility index (Phi) is 3.16. The van der Waals surface area contributed by atoms with Gasteiger partial charge in [-0.25, -0.2) is 4.99 Å². The van der Waals surface area contributed by atoms with Crippen LogP contribution in [-0.2, 0) is 4.79 Å². The van der Waals surface area contributed by atoms with E-state index in [1.54, 1.807) is 6.92 Å². The number of rotatable bonds is 2. The van der Waals surface area contributed by atoms with Gasteiger partial charge >= 0.3 is 0 Å². The lowest BCUT2D eigenvalue weighted by atomic mass is 10.0. The second kappa shape index (κ2) is 4.78. The zero-order valence-electron chi connectivity index (χ0n) is 9.90. The van der Waals surface area contributed by atoms with E-state index in [0.29, 0.717) is 11.3 Å². The van der Waals surface area contributed by atoms with E-state index in [0.717, 1.165) is 0 Å². The Morgan fingerprint density at radius 1 is 1.32 bits per heavy atom. The van der Waals surface area contributed by atoms with E-state index in [1.165, 1.54) is 24.3 Å². The average Bonchev–Trinajstić information content (AvgIpc) is 2.38. The number of hydrogen-bond acceptors (Lipinski definition) is 5. The number of nitro groups is 1. The van der Waals surface area contributed by atoms with Crippen molar-refractivity contribution in [3.8, 4) is 6.07 Å². The van der Waals surface area contributed by atoms with E-state index in [9.17, 15) is 14.9 Å². The van der Waals surface area contributed by atoms with Crippen molar-refractivity contribution >= 4 is 23.1 Å². The summed E-state index contributed by atoms with van der Waals surface area (Å²) in [6, 6.07) is 7.37. The van der Waals surface area contributed by atoms with Crippen LogP contribution in [0.2, 0.25) is 0 Å². The molecule has 7 nitrogen and oxygen atoms in total. The van der Waals surface area contributed by atoms with Gasteiger partial charge in [-0.1, -0.05) is 0 Å². The summed E-state index contributed by atoms with van der Waals surface area (Å²) in [5.74, 6) is -1.34. The maximum Gasteiger partial charge on any atom is 0.270 e. The van der Waals surface area contributed by atoms with Crippen molar-refractivity contribution in [2.45, 2.75) is 6.92 Å². The van der Waals surface area contributed by atoms with Crippen molar-refractivity contribution in [3.05, 3.63) is 39.9 Å². The molecule has 7 heteroatoms. The standard InChI is InChI=1S/C12H8N4O3/c1-7-10(6-13)12(17)15-11(14-7)8-2-4-9(5-3-8)16(18)19/h2-5,10H,1H3. The Bertz CT molecular complexity index is 653. The van der Waals surface area contributed by atoms with Crippen molar-refractivity contribution in [2.75, 3.05) is 0 Å². The molecule has 0 radical (unpaired) electrons. The number of hydrogen-bond donors (Lipinski definition) is 0. The van der Waals surface area contributed by atoms with E-state index >= 15 is 0 Å². The molecule has 19 heavy (non-hydrogen) atoms. The van der Waals surface area contributed by atoms with Crippen molar-refractivity contribution in [1.82, 2.24) is 0 Å². The number of nitriles is 1. The van der Waals surface area contributed by atoms with Gasteiger partial charge in [0.1, 0.15) is 0 Å². The van der Waals surface area contributed by atoms with Gasteiger partial charge in [-0.05, 0) is 19.1 Å². The minimum absolute atomic E-state index is 0.0536. The smallest absolute Gasteiger partial charge is 0.270 e. The van der Waals surface area contributed by atoms with Crippen LogP contribution in [0.4, 0.5) is 5.69 Å². The van der Waals surface area contributed by atoms with Crippen LogP contribution in [0.25, 0.3) is 0 Å². The lowest BCUT2D eigenvalue weighted by Crippen LogP contribution is -2.25. The van der Waals surface area contributed by atoms with Crippen LogP contribution in [0.15, 0.2) is 34.3 Å². The highest BCUT2D eigenvalue weighted by atomic mass is 16.6. The number of non-ortho nitro benzene ring substituents is 1. The number of carbonyl (C=O) groups is 1. The average molecular weight is 256 g/mol. The fourth-order valence-corrected chi connectivity index (χ4v) is 1.61. The Hall–Kier alpha value is -2.88. The molecule has 0 aliphatic carbocycles. The first-order valence-corrected chi connectivity index (χ1v) is 5.35. The van der Waals surface area contributed by atoms with Crippen LogP contribution >= 0.6 is 0 Å². The number of aliphatic imine (C=N–C) groups is 2. The lowest BCUT2D eigenvalue weighted by molar-refractivity contribution is -0.384. The highest BCUT2D eigenvalue weighted by molar-refractivity contribution is 6.20. The van der Waals surface area contributed by atoms with Crippen LogP contribution in [0.5, 0.6) is 0 Å². The van der Waals surface area contributed by atoms with Crippen molar-refractivity contribution in [3.63, 3.8) is 0 Å². The van der Waals surface area contributed by atoms with Gasteiger partial charge in [-0.2, -0.15) is 10.3 Å². The molecular formula is C12H8N4O3. The number of nitrogens with zero attached hydrogens (tertiary/aromatic N) is 4. The number of benzene rings is 1. The minimum atomic E-state index is -0.943. The fraction of sp³-hybridized carbons (Fsp3) is 0.167. The number of nitro benzene ring substituents is 1. The monoisotopic (exact) mass is 256 g/mol. The largest absolute Gasteiger partial charge is 0.271 e. The molecule has 0 saturated heterocycles. The quantitative estimate of drug-likeness (QED) is 0.589. The van der Waals surface area contributed by atoms with Crippen molar-refractivity contribution in [1.29, 1.82) is 5.26 Å². The van der Waals surface area contributed by atoms with Crippen LogP contribution in [0.3, 0.4) is 0 Å². The molecule has 1 aliphatic rings. The predicted octanol–water partition coefficient (Wildman–Crippen LogP) is 1.48. The normalized spacial score (nSPS) is 18.3. The van der Waals surface area contributed by atoms with E-state index < -0.39 is 16.7 Å². The van der Waals surface area contributed by atoms with E-state index in [-0.39, 0.29) is 11.5 Å². The highest BCUT2D eigenvalue weighted by Crippen LogP contribution is 2.17. The summed E-state index contributed by atoms with van der Waals surface area (Å²) in [7, 11) is 0. The first-order valence-electron chi connectivity index (χ1n) is 5.35. The number of amides is 1. The molecule has 94 valence electrons. The molecule has 1 aromatic rings. The first kappa shape index (κ1) is 12.6. The van der Waals surface area contributed by atoms with E-state index in [4.69, 9.17) is 5.26 Å². The zero-order chi connectivity index (χ0) is 14.0. The summed E-state index contributed by atoms with van der Waals surface area (Å²) >= 11 is 0. The topological polar surface area (TPSA) is 109 Å². The summed E-state index contributed by atoms with van der Waals surface area (Å²) in [6.45, 7) is 1.58. The van der Waals surface area contributed by atoms with E-state index in [2.05, 4.69) is 9.98 Å². The fourth-order valence-electron chi connectivity index (χ4n) is 1.61. The summed E-state index contributed by atoms with van der Waals surface area (Å²) in [5.41, 5.74) is 0.813. The third kappa shape index (κ3) is 2.37. The van der Waals surface area contributed by atoms with Crippen molar-refractivity contribution < 1.29 is 9.72 Å². The molecular weight excluding hydrogens is 248 g/mol. The maximum absolute atomic E-state index is 11.6. The number of carbonyl (C=O) groups excluding carboxylic acids is 1. The molecule has 0 spiro atoms. The summed E-state index contributed by atoms with van der Waals surface area (Å²) < 4.78 is 0. The molecule has 1 atom stereocenters. The maximum atomic E-state index is 11.6. The molecule has 2 rings (SSSR count). The molecule has 0 fully saturated rings. The SMILES string of the molecule is CC1=NC(c2ccc([N+](=O)[O-])cc2)=NC(=O)C1C#N. The Labute approximate surface area is 108 Å². The van der Waals surface area contributed by atoms with Gasteiger partial charge in [0.2, 0.25) is 0 Å². The molecule has 0 aromatic heterocycles. The molecule has 1 aliphatic heterocycles. The van der Waals surface area contributed by atoms with Crippen LogP contribution in [0, 0.1) is 27.4 Å². The molecule has 0 bridgehead atoms. The van der Waals surface area contributed by atoms with Crippen LogP contribution in [-0.4, -0.2) is 22.4 Å². The van der Waals surface area contributed by atoms with Gasteiger partial charge in [0.05, 0.1) is 11.0 Å². The summed E-state index contributed by atoms with van der Waals surface area (Å²) in [6.07, 6.45) is 0. The second-order valence-electron chi connectivity index (χ2n) is 3.89. The first-order chi connectivity index (χ1) is 9.02. The van der Waals surface area contributed by atoms with Crippen LogP contribution < -0.4 is 0 Å². The van der Waals surface area contributed by atoms with Crippen LogP contribution in [0.1, 0.15) is 12.5 Å². The van der Waals surface area contributed by atoms with Gasteiger partial charge in [0.15, 0.2) is 11.8 Å². The summed E-state index contributed by atoms with van der Waals surface area (Å²) in [4.78, 5) is 29.4. The predicted molar refractivity (Wildman–Crippen MR) is 66.9 cm³/mol. The molecule has 0 saturated carbocycles. The second-order valence-corrected chi connectivity index (χ2v) is 3.89. The van der Waals surface area contributed by atoms with Gasteiger partial charge in [0.25, 0.3) is 11.6 Å². The minimum Gasteiger partial charge on any atom is -0.271 e. The third-order valence-corrected chi connectivity index (χ3v) is 2.63. The number of amidine groups is 1. The Balaban J connectivity index is 2.36. The Morgan fingerprint density at radius 3 is 2.42 bits per heavy atom. The van der Waals surface area contributed by atoms with Gasteiger partial charge in [-0.3, -0.25) is 14.9 Å². The van der Waals surface area contributed by atoms with E-state index in [1.807, 2.05) is 6.07 Å². The molecule has 1 unspecified atom stereocenters. The third-order valence-electron chi connectivity index (χ3n) is 2.63. The summed E-state index contributed by atoms with van der Waals surface area (Å²) in [5, 5.41) is 19.3. The van der Waals surface area contributed by atoms with Gasteiger partial charge in [-0.15, -0.1) is 0 Å². The molecule has 1 amide bonds. The van der Waals surface area contributed by atoms with Gasteiger partial charge < -0.3 is 0 Å². The van der Waals surface area contributed by atoms with Gasteiger partial charge in [0, 0.05) is 23.4 Å².